The highest BCUT2D eigenvalue weighted by molar-refractivity contribution is 5.95. The lowest BCUT2D eigenvalue weighted by atomic mass is 9.96. The van der Waals surface area contributed by atoms with Crippen LogP contribution in [0.4, 0.5) is 13.2 Å². The van der Waals surface area contributed by atoms with Gasteiger partial charge in [-0.15, -0.1) is 0 Å². The number of nitrogens with one attached hydrogen (secondary N) is 1. The Hall–Kier alpha value is -2.65. The molecule has 0 unspecified atom stereocenters. The minimum Gasteiger partial charge on any atom is -0.504 e. The van der Waals surface area contributed by atoms with Gasteiger partial charge in [-0.25, -0.2) is 0 Å². The van der Waals surface area contributed by atoms with Crippen molar-refractivity contribution in [2.45, 2.75) is 19.0 Å². The maximum Gasteiger partial charge on any atom is 0.471 e. The third-order valence-electron chi connectivity index (χ3n) is 4.03. The van der Waals surface area contributed by atoms with Gasteiger partial charge in [0.25, 0.3) is 5.91 Å². The van der Waals surface area contributed by atoms with Gasteiger partial charge in [-0.3, -0.25) is 9.59 Å². The first-order valence-corrected chi connectivity index (χ1v) is 7.49. The predicted molar refractivity (Wildman–Crippen MR) is 79.1 cm³/mol. The Morgan fingerprint density at radius 3 is 2.12 bits per heavy atom. The van der Waals surface area contributed by atoms with Gasteiger partial charge in [0.2, 0.25) is 0 Å². The van der Waals surface area contributed by atoms with Crippen LogP contribution in [0.2, 0.25) is 0 Å². The van der Waals surface area contributed by atoms with E-state index in [-0.39, 0.29) is 31.1 Å². The van der Waals surface area contributed by atoms with Crippen LogP contribution in [0.3, 0.4) is 0 Å². The molecule has 7 nitrogen and oxygen atoms in total. The number of rotatable bonds is 3. The van der Waals surface area contributed by atoms with Crippen LogP contribution in [-0.4, -0.2) is 57.8 Å². The second-order valence-corrected chi connectivity index (χ2v) is 5.81. The number of benzene rings is 1. The molecular weight excluding hydrogens is 345 g/mol. The van der Waals surface area contributed by atoms with Crippen molar-refractivity contribution in [3.8, 4) is 17.2 Å². The van der Waals surface area contributed by atoms with E-state index in [1.807, 2.05) is 5.32 Å². The number of nitrogens with zero attached hydrogens (tertiary/aromatic N) is 1. The third kappa shape index (κ3) is 4.46. The van der Waals surface area contributed by atoms with Crippen LogP contribution in [0.15, 0.2) is 12.1 Å². The number of carbonyl (C=O) groups is 2. The first-order chi connectivity index (χ1) is 11.6. The van der Waals surface area contributed by atoms with E-state index in [0.29, 0.717) is 12.8 Å². The average Bonchev–Trinajstić information content (AvgIpc) is 2.56. The highest BCUT2D eigenvalue weighted by Crippen LogP contribution is 2.36. The number of phenols is 3. The number of aromatic hydroxyl groups is 3. The van der Waals surface area contributed by atoms with Crippen molar-refractivity contribution < 1.29 is 38.1 Å². The molecule has 1 saturated heterocycles. The fourth-order valence-electron chi connectivity index (χ4n) is 2.59. The van der Waals surface area contributed by atoms with Gasteiger partial charge >= 0.3 is 12.1 Å². The number of phenolic OH excluding ortho intramolecular Hbond substituents is 3. The minimum atomic E-state index is -4.92. The maximum atomic E-state index is 12.3. The molecule has 1 aliphatic rings. The molecule has 0 aromatic heterocycles. The van der Waals surface area contributed by atoms with E-state index in [1.54, 1.807) is 0 Å². The summed E-state index contributed by atoms with van der Waals surface area (Å²) >= 11 is 0. The van der Waals surface area contributed by atoms with Crippen molar-refractivity contribution in [3.05, 3.63) is 17.7 Å². The lowest BCUT2D eigenvalue weighted by Gasteiger charge is -2.32. The zero-order valence-electron chi connectivity index (χ0n) is 13.0. The molecule has 0 atom stereocenters. The van der Waals surface area contributed by atoms with Gasteiger partial charge in [0, 0.05) is 25.2 Å². The number of likely N-dealkylation sites (tertiary alicyclic amines) is 1. The molecule has 0 saturated carbocycles. The van der Waals surface area contributed by atoms with Crippen molar-refractivity contribution >= 4 is 11.8 Å². The van der Waals surface area contributed by atoms with Gasteiger partial charge in [0.1, 0.15) is 0 Å². The summed E-state index contributed by atoms with van der Waals surface area (Å²) in [5, 5.41) is 30.0. The van der Waals surface area contributed by atoms with Gasteiger partial charge in [-0.2, -0.15) is 13.2 Å². The van der Waals surface area contributed by atoms with E-state index in [9.17, 15) is 38.1 Å². The number of halogens is 3. The molecule has 138 valence electrons. The van der Waals surface area contributed by atoms with Gasteiger partial charge < -0.3 is 25.5 Å². The molecule has 0 radical (unpaired) electrons. The monoisotopic (exact) mass is 362 g/mol. The van der Waals surface area contributed by atoms with Gasteiger partial charge in [0.05, 0.1) is 0 Å². The molecule has 4 N–H and O–H groups in total. The summed E-state index contributed by atoms with van der Waals surface area (Å²) in [6.45, 7) is 0.392. The number of amides is 2. The Balaban J connectivity index is 1.89. The summed E-state index contributed by atoms with van der Waals surface area (Å²) < 4.78 is 36.4. The second-order valence-electron chi connectivity index (χ2n) is 5.81. The van der Waals surface area contributed by atoms with Crippen molar-refractivity contribution in [2.75, 3.05) is 19.6 Å². The molecule has 1 fully saturated rings. The summed E-state index contributed by atoms with van der Waals surface area (Å²) in [6, 6.07) is 2.04. The molecule has 10 heteroatoms. The van der Waals surface area contributed by atoms with Gasteiger partial charge in [-0.1, -0.05) is 0 Å². The summed E-state index contributed by atoms with van der Waals surface area (Å²) in [6.07, 6.45) is -4.11. The van der Waals surface area contributed by atoms with Crippen LogP contribution < -0.4 is 5.32 Å². The Kier molecular flexibility index (Phi) is 5.29. The Morgan fingerprint density at radius 1 is 1.12 bits per heavy atom. The fraction of sp³-hybridized carbons (Fsp3) is 0.467. The van der Waals surface area contributed by atoms with Crippen molar-refractivity contribution in [2.24, 2.45) is 5.92 Å². The predicted octanol–water partition coefficient (Wildman–Crippen LogP) is 1.33. The lowest BCUT2D eigenvalue weighted by Crippen LogP contribution is -2.44. The first kappa shape index (κ1) is 18.7. The van der Waals surface area contributed by atoms with Crippen LogP contribution in [0.5, 0.6) is 17.2 Å². The molecule has 1 aromatic rings. The molecule has 1 aliphatic heterocycles. The minimum absolute atomic E-state index is 0.0170. The van der Waals surface area contributed by atoms with Crippen molar-refractivity contribution in [1.82, 2.24) is 10.2 Å². The quantitative estimate of drug-likeness (QED) is 0.607. The molecule has 2 rings (SSSR count). The number of alkyl halides is 3. The summed E-state index contributed by atoms with van der Waals surface area (Å²) in [7, 11) is 0. The van der Waals surface area contributed by atoms with Gasteiger partial charge in [-0.05, 0) is 30.9 Å². The van der Waals surface area contributed by atoms with Crippen LogP contribution in [0, 0.1) is 5.92 Å². The van der Waals surface area contributed by atoms with Crippen LogP contribution in [-0.2, 0) is 4.79 Å². The average molecular weight is 362 g/mol. The molecule has 25 heavy (non-hydrogen) atoms. The number of carbonyl (C=O) groups excluding carboxylic acids is 2. The molecule has 0 bridgehead atoms. The standard InChI is InChI=1S/C15H17F3N2O5/c16-15(17,18)14(25)19-7-8-1-3-20(4-2-8)13(24)9-5-10(21)12(23)11(22)6-9/h5-6,8,21-23H,1-4,7H2,(H,19,25). The van der Waals surface area contributed by atoms with Crippen LogP contribution in [0.25, 0.3) is 0 Å². The SMILES string of the molecule is O=C(c1cc(O)c(O)c(O)c1)N1CCC(CNC(=O)C(F)(F)F)CC1. The summed E-state index contributed by atoms with van der Waals surface area (Å²) in [5.41, 5.74) is -0.0170. The zero-order valence-corrected chi connectivity index (χ0v) is 13.0. The van der Waals surface area contributed by atoms with Crippen LogP contribution in [0.1, 0.15) is 23.2 Å². The van der Waals surface area contributed by atoms with E-state index < -0.39 is 35.2 Å². The largest absolute Gasteiger partial charge is 0.504 e. The van der Waals surface area contributed by atoms with Gasteiger partial charge in [0.15, 0.2) is 17.2 Å². The number of hydrogen-bond acceptors (Lipinski definition) is 5. The second kappa shape index (κ2) is 7.08. The molecule has 0 aliphatic carbocycles. The normalized spacial score (nSPS) is 15.9. The van der Waals surface area contributed by atoms with Crippen LogP contribution >= 0.6 is 0 Å². The third-order valence-corrected chi connectivity index (χ3v) is 4.03. The van der Waals surface area contributed by atoms with E-state index in [4.69, 9.17) is 0 Å². The Bertz CT molecular complexity index is 647. The maximum absolute atomic E-state index is 12.3. The summed E-state index contributed by atoms with van der Waals surface area (Å²) in [5.74, 6) is -4.64. The fourth-order valence-corrected chi connectivity index (χ4v) is 2.59. The Morgan fingerprint density at radius 2 is 1.64 bits per heavy atom. The molecule has 1 aromatic carbocycles. The molecule has 0 spiro atoms. The van der Waals surface area contributed by atoms with E-state index in [2.05, 4.69) is 0 Å². The van der Waals surface area contributed by atoms with Crippen molar-refractivity contribution in [3.63, 3.8) is 0 Å². The summed E-state index contributed by atoms with van der Waals surface area (Å²) in [4.78, 5) is 24.5. The molecular formula is C15H17F3N2O5. The highest BCUT2D eigenvalue weighted by Gasteiger charge is 2.38. The molecule has 2 amide bonds. The van der Waals surface area contributed by atoms with E-state index in [1.165, 1.54) is 4.90 Å². The highest BCUT2D eigenvalue weighted by atomic mass is 19.4. The van der Waals surface area contributed by atoms with Crippen molar-refractivity contribution in [1.29, 1.82) is 0 Å². The number of piperidine rings is 1. The smallest absolute Gasteiger partial charge is 0.471 e. The zero-order chi connectivity index (χ0) is 18.8. The number of hydrogen-bond donors (Lipinski definition) is 4. The Labute approximate surface area is 140 Å². The first-order valence-electron chi connectivity index (χ1n) is 7.49. The lowest BCUT2D eigenvalue weighted by molar-refractivity contribution is -0.173. The van der Waals surface area contributed by atoms with E-state index in [0.717, 1.165) is 12.1 Å². The molecule has 1 heterocycles. The van der Waals surface area contributed by atoms with E-state index >= 15 is 0 Å². The topological polar surface area (TPSA) is 110 Å².